The van der Waals surface area contributed by atoms with E-state index in [1.165, 1.54) is 35.6 Å². The molecule has 0 aliphatic heterocycles. The molecule has 37 heavy (non-hydrogen) atoms. The number of thiophene rings is 1. The van der Waals surface area contributed by atoms with Crippen LogP contribution in [0.2, 0.25) is 0 Å². The zero-order valence-corrected chi connectivity index (χ0v) is 21.1. The van der Waals surface area contributed by atoms with Crippen molar-refractivity contribution in [2.75, 3.05) is 6.54 Å². The Morgan fingerprint density at radius 2 is 1.57 bits per heavy atom. The van der Waals surface area contributed by atoms with Gasteiger partial charge in [0.1, 0.15) is 5.75 Å². The quantitative estimate of drug-likeness (QED) is 0.228. The van der Waals surface area contributed by atoms with E-state index in [1.807, 2.05) is 0 Å². The topological polar surface area (TPSA) is 110 Å². The largest absolute Gasteiger partial charge is 0.573 e. The van der Waals surface area contributed by atoms with Gasteiger partial charge in [-0.15, -0.1) is 24.5 Å². The lowest BCUT2D eigenvalue weighted by atomic mass is 9.98. The first kappa shape index (κ1) is 27.8. The Morgan fingerprint density at radius 1 is 0.973 bits per heavy atom. The number of hydrogen-bond acceptors (Lipinski definition) is 6. The fourth-order valence-electron chi connectivity index (χ4n) is 3.05. The predicted octanol–water partition coefficient (Wildman–Crippen LogP) is 5.76. The summed E-state index contributed by atoms with van der Waals surface area (Å²) < 4.78 is 41.6. The normalized spacial score (nSPS) is 11.6. The summed E-state index contributed by atoms with van der Waals surface area (Å²) in [5.74, 6) is -3.18. The number of allylic oxidation sites excluding steroid dienone is 2. The maximum atomic E-state index is 13.3. The molecule has 192 valence electrons. The zero-order chi connectivity index (χ0) is 27.2. The first-order chi connectivity index (χ1) is 17.4. The predicted molar refractivity (Wildman–Crippen MR) is 133 cm³/mol. The molecule has 3 aromatic rings. The van der Waals surface area contributed by atoms with Crippen molar-refractivity contribution in [1.82, 2.24) is 5.32 Å². The number of ether oxygens (including phenoxy) is 1. The van der Waals surface area contributed by atoms with Crippen molar-refractivity contribution in [1.29, 1.82) is 0 Å². The van der Waals surface area contributed by atoms with Gasteiger partial charge in [0.15, 0.2) is 11.6 Å². The number of carbonyl (C=O) groups excluding carboxylic acids is 3. The molecular weight excluding hydrogens is 579 g/mol. The first-order valence-electron chi connectivity index (χ1n) is 10.4. The number of benzene rings is 2. The third-order valence-corrected chi connectivity index (χ3v) is 6.48. The Kier molecular flexibility index (Phi) is 9.00. The minimum atomic E-state index is -4.87. The van der Waals surface area contributed by atoms with Gasteiger partial charge >= 0.3 is 12.3 Å². The third kappa shape index (κ3) is 8.12. The van der Waals surface area contributed by atoms with Crippen LogP contribution in [-0.2, 0) is 4.79 Å². The van der Waals surface area contributed by atoms with E-state index >= 15 is 0 Å². The number of hydrogen-bond donors (Lipinski definition) is 2. The summed E-state index contributed by atoms with van der Waals surface area (Å²) in [6, 6.07) is 11.5. The molecule has 0 unspecified atom stereocenters. The summed E-state index contributed by atoms with van der Waals surface area (Å²) in [6.07, 6.45) is -4.00. The average Bonchev–Trinajstić information content (AvgIpc) is 3.27. The van der Waals surface area contributed by atoms with Crippen molar-refractivity contribution < 1.29 is 42.2 Å². The molecule has 12 heteroatoms. The van der Waals surface area contributed by atoms with Gasteiger partial charge in [0, 0.05) is 43.5 Å². The Balaban J connectivity index is 1.84. The van der Waals surface area contributed by atoms with Crippen molar-refractivity contribution in [3.05, 3.63) is 92.1 Å². The molecule has 0 fully saturated rings. The molecule has 0 saturated heterocycles. The fraction of sp³-hybridized carbons (Fsp3) is 0.120. The number of carboxylic acids is 1. The molecule has 1 heterocycles. The van der Waals surface area contributed by atoms with E-state index in [0.29, 0.717) is 9.35 Å². The van der Waals surface area contributed by atoms with E-state index in [9.17, 15) is 32.3 Å². The summed E-state index contributed by atoms with van der Waals surface area (Å²) in [5.41, 5.74) is 0.488. The molecule has 0 radical (unpaired) electrons. The maximum absolute atomic E-state index is 13.3. The van der Waals surface area contributed by atoms with Crippen LogP contribution in [0.3, 0.4) is 0 Å². The van der Waals surface area contributed by atoms with E-state index in [-0.39, 0.29) is 35.2 Å². The number of carboxylic acid groups (broad SMARTS) is 1. The van der Waals surface area contributed by atoms with Gasteiger partial charge in [-0.3, -0.25) is 19.2 Å². The highest BCUT2D eigenvalue weighted by molar-refractivity contribution is 9.10. The van der Waals surface area contributed by atoms with Crippen LogP contribution >= 0.6 is 27.3 Å². The van der Waals surface area contributed by atoms with Crippen LogP contribution in [0.1, 0.15) is 42.4 Å². The highest BCUT2D eigenvalue weighted by Crippen LogP contribution is 2.30. The Bertz CT molecular complexity index is 1350. The number of aliphatic carboxylic acids is 1. The summed E-state index contributed by atoms with van der Waals surface area (Å²) in [7, 11) is 0. The summed E-state index contributed by atoms with van der Waals surface area (Å²) in [5, 5.41) is 12.8. The van der Waals surface area contributed by atoms with Gasteiger partial charge in [0.25, 0.3) is 5.91 Å². The number of nitrogens with one attached hydrogen (secondary N) is 1. The number of halogens is 4. The van der Waals surface area contributed by atoms with Gasteiger partial charge in [-0.1, -0.05) is 12.1 Å². The average molecular weight is 596 g/mol. The van der Waals surface area contributed by atoms with Crippen molar-refractivity contribution >= 4 is 56.3 Å². The van der Waals surface area contributed by atoms with E-state index in [2.05, 4.69) is 26.0 Å². The van der Waals surface area contributed by atoms with Gasteiger partial charge in [0.2, 0.25) is 0 Å². The minimum absolute atomic E-state index is 0.0452. The Morgan fingerprint density at radius 3 is 2.11 bits per heavy atom. The number of alkyl halides is 3. The van der Waals surface area contributed by atoms with Gasteiger partial charge in [-0.25, -0.2) is 0 Å². The number of carbonyl (C=O) groups is 4. The molecule has 2 aromatic carbocycles. The van der Waals surface area contributed by atoms with E-state index in [4.69, 9.17) is 5.11 Å². The molecule has 0 aliphatic rings. The molecule has 3 rings (SSSR count). The van der Waals surface area contributed by atoms with Gasteiger partial charge in [-0.05, 0) is 64.5 Å². The fourth-order valence-corrected chi connectivity index (χ4v) is 4.49. The van der Waals surface area contributed by atoms with Crippen molar-refractivity contribution in [3.63, 3.8) is 0 Å². The lowest BCUT2D eigenvalue weighted by molar-refractivity contribution is -0.274. The highest BCUT2D eigenvalue weighted by Gasteiger charge is 2.31. The van der Waals surface area contributed by atoms with Crippen molar-refractivity contribution in [3.8, 4) is 5.75 Å². The number of rotatable bonds is 10. The minimum Gasteiger partial charge on any atom is -0.481 e. The van der Waals surface area contributed by atoms with Crippen molar-refractivity contribution in [2.45, 2.75) is 12.8 Å². The molecule has 0 atom stereocenters. The summed E-state index contributed by atoms with van der Waals surface area (Å²) >= 11 is 4.50. The van der Waals surface area contributed by atoms with Gasteiger partial charge < -0.3 is 15.2 Å². The second-order valence-electron chi connectivity index (χ2n) is 7.43. The molecule has 1 aromatic heterocycles. The smallest absolute Gasteiger partial charge is 0.481 e. The Hall–Kier alpha value is -3.77. The summed E-state index contributed by atoms with van der Waals surface area (Å²) in [4.78, 5) is 49.4. The molecule has 1 amide bonds. The summed E-state index contributed by atoms with van der Waals surface area (Å²) in [6.45, 7) is -0.0551. The molecule has 0 aliphatic carbocycles. The highest BCUT2D eigenvalue weighted by atomic mass is 79.9. The second kappa shape index (κ2) is 12.0. The van der Waals surface area contributed by atoms with Crippen LogP contribution in [0.15, 0.2) is 70.5 Å². The number of ketones is 2. The number of Topliss-reactive ketones (excluding diaryl/α,β-unsaturated/α-hetero) is 1. The van der Waals surface area contributed by atoms with Crippen LogP contribution < -0.4 is 10.1 Å². The molecular formula is C25H17BrF3NO6S. The van der Waals surface area contributed by atoms with Crippen LogP contribution in [-0.4, -0.2) is 41.5 Å². The molecule has 0 spiro atoms. The van der Waals surface area contributed by atoms with Gasteiger partial charge in [0.05, 0.1) is 6.42 Å². The maximum Gasteiger partial charge on any atom is 0.573 e. The van der Waals surface area contributed by atoms with E-state index in [1.54, 1.807) is 11.4 Å². The number of amides is 1. The van der Waals surface area contributed by atoms with Crippen molar-refractivity contribution in [2.24, 2.45) is 0 Å². The van der Waals surface area contributed by atoms with Gasteiger partial charge in [-0.2, -0.15) is 0 Å². The van der Waals surface area contributed by atoms with Crippen LogP contribution in [0, 0.1) is 0 Å². The standard InChI is InChI=1S/C25H17BrF3NO6S/c26-17-11-21(37-13-17)19(12-20(31)14-5-7-18(8-6-14)36-25(27,28)29)23(34)15-1-3-16(4-2-15)24(35)30-10-9-22(32)33/h1-8,11-13H,9-10H2,(H,30,35)(H,32,33). The molecule has 2 N–H and O–H groups in total. The second-order valence-corrected chi connectivity index (χ2v) is 9.26. The third-order valence-electron chi connectivity index (χ3n) is 4.76. The van der Waals surface area contributed by atoms with E-state index in [0.717, 1.165) is 30.3 Å². The molecule has 7 nitrogen and oxygen atoms in total. The first-order valence-corrected chi connectivity index (χ1v) is 12.1. The van der Waals surface area contributed by atoms with Crippen LogP contribution in [0.25, 0.3) is 5.57 Å². The zero-order valence-electron chi connectivity index (χ0n) is 18.7. The lowest BCUT2D eigenvalue weighted by Crippen LogP contribution is -2.26. The molecule has 0 saturated carbocycles. The van der Waals surface area contributed by atoms with Crippen LogP contribution in [0.5, 0.6) is 5.75 Å². The molecule has 0 bridgehead atoms. The Labute approximate surface area is 220 Å². The SMILES string of the molecule is O=C(O)CCNC(=O)c1ccc(C(=O)C(=CC(=O)c2ccc(OC(F)(F)F)cc2)c2cc(Br)cs2)cc1. The monoisotopic (exact) mass is 595 g/mol. The van der Waals surface area contributed by atoms with E-state index < -0.39 is 35.6 Å². The lowest BCUT2D eigenvalue weighted by Gasteiger charge is -2.09. The van der Waals surface area contributed by atoms with Crippen LogP contribution in [0.4, 0.5) is 13.2 Å².